The third-order valence-corrected chi connectivity index (χ3v) is 3.84. The van der Waals surface area contributed by atoms with E-state index in [1.54, 1.807) is 29.6 Å². The predicted octanol–water partition coefficient (Wildman–Crippen LogP) is 2.38. The molecule has 0 amide bonds. The Kier molecular flexibility index (Phi) is 3.68. The molecule has 0 atom stereocenters. The molecule has 1 heterocycles. The van der Waals surface area contributed by atoms with Crippen LogP contribution in [0.5, 0.6) is 0 Å². The maximum absolute atomic E-state index is 11.2. The first-order chi connectivity index (χ1) is 8.85. The highest BCUT2D eigenvalue weighted by molar-refractivity contribution is 7.92. The number of thiazole rings is 1. The zero-order valence-electron chi connectivity index (χ0n) is 10.4. The molecule has 0 fully saturated rings. The molecule has 0 bridgehead atoms. The number of ketones is 1. The Morgan fingerprint density at radius 3 is 2.37 bits per heavy atom. The first kappa shape index (κ1) is 13.7. The maximum Gasteiger partial charge on any atom is 0.229 e. The lowest BCUT2D eigenvalue weighted by atomic mass is 10.1. The molecule has 0 spiro atoms. The van der Waals surface area contributed by atoms with Crippen molar-refractivity contribution < 1.29 is 13.2 Å². The number of hydrogen-bond acceptors (Lipinski definition) is 5. The summed E-state index contributed by atoms with van der Waals surface area (Å²) in [5.74, 6) is -0.0633. The van der Waals surface area contributed by atoms with E-state index >= 15 is 0 Å². The molecule has 1 aromatic carbocycles. The minimum atomic E-state index is -3.27. The second kappa shape index (κ2) is 5.10. The number of benzene rings is 1. The Bertz CT molecular complexity index is 703. The Morgan fingerprint density at radius 2 is 1.89 bits per heavy atom. The van der Waals surface area contributed by atoms with Crippen LogP contribution in [0.3, 0.4) is 0 Å². The van der Waals surface area contributed by atoms with Crippen LogP contribution in [0.15, 0.2) is 29.6 Å². The number of carbonyl (C=O) groups is 1. The molecule has 100 valence electrons. The highest BCUT2D eigenvalue weighted by atomic mass is 32.2. The van der Waals surface area contributed by atoms with E-state index in [2.05, 4.69) is 9.71 Å². The third kappa shape index (κ3) is 3.62. The smallest absolute Gasteiger partial charge is 0.229 e. The molecule has 2 aromatic rings. The van der Waals surface area contributed by atoms with Crippen LogP contribution in [-0.4, -0.2) is 25.4 Å². The Balaban J connectivity index is 2.24. The van der Waals surface area contributed by atoms with Crippen molar-refractivity contribution in [1.82, 2.24) is 4.98 Å². The molecule has 0 aliphatic rings. The van der Waals surface area contributed by atoms with Crippen molar-refractivity contribution in [2.75, 3.05) is 11.0 Å². The van der Waals surface area contributed by atoms with Crippen molar-refractivity contribution >= 4 is 32.8 Å². The van der Waals surface area contributed by atoms with Crippen molar-refractivity contribution in [1.29, 1.82) is 0 Å². The van der Waals surface area contributed by atoms with Crippen LogP contribution < -0.4 is 4.72 Å². The van der Waals surface area contributed by atoms with Crippen LogP contribution in [0.1, 0.15) is 16.7 Å². The minimum Gasteiger partial charge on any atom is -0.292 e. The van der Waals surface area contributed by atoms with Crippen LogP contribution in [0.4, 0.5) is 5.69 Å². The third-order valence-electron chi connectivity index (χ3n) is 2.29. The number of anilines is 1. The standard InChI is InChI=1S/C12H12N2O3S2/c1-8(15)12-13-11(7-18-12)9-3-5-10(6-4-9)14-19(2,16)17/h3-7,14H,1-2H3. The average Bonchev–Trinajstić information content (AvgIpc) is 2.77. The van der Waals surface area contributed by atoms with Crippen molar-refractivity contribution in [3.05, 3.63) is 34.7 Å². The summed E-state index contributed by atoms with van der Waals surface area (Å²) in [5.41, 5.74) is 2.04. The Morgan fingerprint density at radius 1 is 1.26 bits per heavy atom. The maximum atomic E-state index is 11.2. The number of aromatic nitrogens is 1. The molecule has 1 N–H and O–H groups in total. The molecule has 19 heavy (non-hydrogen) atoms. The summed E-state index contributed by atoms with van der Waals surface area (Å²) in [5, 5.41) is 2.27. The van der Waals surface area contributed by atoms with Gasteiger partial charge in [0.05, 0.1) is 11.9 Å². The van der Waals surface area contributed by atoms with Crippen molar-refractivity contribution in [3.8, 4) is 11.3 Å². The van der Waals surface area contributed by atoms with Gasteiger partial charge in [-0.25, -0.2) is 13.4 Å². The summed E-state index contributed by atoms with van der Waals surface area (Å²) in [6, 6.07) is 6.82. The number of nitrogens with one attached hydrogen (secondary N) is 1. The molecule has 2 rings (SSSR count). The molecule has 5 nitrogen and oxygen atoms in total. The van der Waals surface area contributed by atoms with Crippen LogP contribution in [0.2, 0.25) is 0 Å². The molecule has 0 saturated carbocycles. The van der Waals surface area contributed by atoms with Gasteiger partial charge in [0.15, 0.2) is 10.8 Å². The SMILES string of the molecule is CC(=O)c1nc(-c2ccc(NS(C)(=O)=O)cc2)cs1. The van der Waals surface area contributed by atoms with Crippen molar-refractivity contribution in [2.24, 2.45) is 0 Å². The average molecular weight is 296 g/mol. The van der Waals surface area contributed by atoms with E-state index in [1.807, 2.05) is 0 Å². The topological polar surface area (TPSA) is 76.1 Å². The normalized spacial score (nSPS) is 11.3. The molecule has 1 aromatic heterocycles. The fraction of sp³-hybridized carbons (Fsp3) is 0.167. The second-order valence-corrected chi connectivity index (χ2v) is 6.65. The zero-order chi connectivity index (χ0) is 14.0. The molecule has 7 heteroatoms. The largest absolute Gasteiger partial charge is 0.292 e. The first-order valence-corrected chi connectivity index (χ1v) is 8.17. The molecule has 0 aliphatic heterocycles. The molecule has 0 saturated heterocycles. The van der Waals surface area contributed by atoms with E-state index in [0.717, 1.165) is 11.8 Å². The lowest BCUT2D eigenvalue weighted by Crippen LogP contribution is -2.09. The van der Waals surface area contributed by atoms with E-state index < -0.39 is 10.0 Å². The summed E-state index contributed by atoms with van der Waals surface area (Å²) < 4.78 is 24.5. The van der Waals surface area contributed by atoms with Crippen LogP contribution >= 0.6 is 11.3 Å². The quantitative estimate of drug-likeness (QED) is 0.879. The van der Waals surface area contributed by atoms with Gasteiger partial charge in [0.2, 0.25) is 10.0 Å². The van der Waals surface area contributed by atoms with Crippen molar-refractivity contribution in [2.45, 2.75) is 6.92 Å². The van der Waals surface area contributed by atoms with E-state index in [-0.39, 0.29) is 5.78 Å². The van der Waals surface area contributed by atoms with Gasteiger partial charge in [-0.05, 0) is 12.1 Å². The summed E-state index contributed by atoms with van der Waals surface area (Å²) in [4.78, 5) is 15.4. The van der Waals surface area contributed by atoms with Gasteiger partial charge >= 0.3 is 0 Å². The van der Waals surface area contributed by atoms with Gasteiger partial charge in [0, 0.05) is 23.6 Å². The van der Waals surface area contributed by atoms with Crippen molar-refractivity contribution in [3.63, 3.8) is 0 Å². The van der Waals surface area contributed by atoms with E-state index in [0.29, 0.717) is 16.4 Å². The highest BCUT2D eigenvalue weighted by Crippen LogP contribution is 2.23. The van der Waals surface area contributed by atoms with Crippen LogP contribution in [0.25, 0.3) is 11.3 Å². The summed E-state index contributed by atoms with van der Waals surface area (Å²) >= 11 is 1.29. The summed E-state index contributed by atoms with van der Waals surface area (Å²) in [6.45, 7) is 1.47. The van der Waals surface area contributed by atoms with Gasteiger partial charge in [0.25, 0.3) is 0 Å². The fourth-order valence-electron chi connectivity index (χ4n) is 1.49. The first-order valence-electron chi connectivity index (χ1n) is 5.40. The number of hydrogen-bond donors (Lipinski definition) is 1. The monoisotopic (exact) mass is 296 g/mol. The zero-order valence-corrected chi connectivity index (χ0v) is 12.0. The van der Waals surface area contributed by atoms with Gasteiger partial charge < -0.3 is 0 Å². The molecule has 0 aliphatic carbocycles. The van der Waals surface area contributed by atoms with Gasteiger partial charge in [0.1, 0.15) is 0 Å². The van der Waals surface area contributed by atoms with Gasteiger partial charge in [-0.2, -0.15) is 0 Å². The molecular weight excluding hydrogens is 284 g/mol. The Hall–Kier alpha value is -1.73. The summed E-state index contributed by atoms with van der Waals surface area (Å²) in [6.07, 6.45) is 1.10. The predicted molar refractivity (Wildman–Crippen MR) is 76.0 cm³/mol. The molecule has 0 unspecified atom stereocenters. The molecular formula is C12H12N2O3S2. The van der Waals surface area contributed by atoms with E-state index in [4.69, 9.17) is 0 Å². The number of nitrogens with zero attached hydrogens (tertiary/aromatic N) is 1. The number of sulfonamides is 1. The Labute approximate surface area is 115 Å². The number of Topliss-reactive ketones (excluding diaryl/α,β-unsaturated/α-hetero) is 1. The van der Waals surface area contributed by atoms with Crippen LogP contribution in [0, 0.1) is 0 Å². The number of rotatable bonds is 4. The van der Waals surface area contributed by atoms with E-state index in [9.17, 15) is 13.2 Å². The lowest BCUT2D eigenvalue weighted by Gasteiger charge is -2.04. The highest BCUT2D eigenvalue weighted by Gasteiger charge is 2.08. The lowest BCUT2D eigenvalue weighted by molar-refractivity contribution is 0.101. The van der Waals surface area contributed by atoms with E-state index in [1.165, 1.54) is 18.3 Å². The van der Waals surface area contributed by atoms with Gasteiger partial charge in [-0.1, -0.05) is 12.1 Å². The number of carbonyl (C=O) groups excluding carboxylic acids is 1. The van der Waals surface area contributed by atoms with Gasteiger partial charge in [-0.15, -0.1) is 11.3 Å². The summed E-state index contributed by atoms with van der Waals surface area (Å²) in [7, 11) is -3.27. The molecule has 0 radical (unpaired) electrons. The fourth-order valence-corrected chi connectivity index (χ4v) is 2.78. The second-order valence-electron chi connectivity index (χ2n) is 4.05. The van der Waals surface area contributed by atoms with Gasteiger partial charge in [-0.3, -0.25) is 9.52 Å². The van der Waals surface area contributed by atoms with Crippen LogP contribution in [-0.2, 0) is 10.0 Å². The minimum absolute atomic E-state index is 0.0633.